The summed E-state index contributed by atoms with van der Waals surface area (Å²) in [4.78, 5) is 8.41. The zero-order valence-corrected chi connectivity index (χ0v) is 9.51. The number of hydrogen-bond acceptors (Lipinski definition) is 4. The van der Waals surface area contributed by atoms with Crippen molar-refractivity contribution in [3.63, 3.8) is 0 Å². The molecule has 2 aromatic rings. The van der Waals surface area contributed by atoms with Gasteiger partial charge in [-0.15, -0.1) is 0 Å². The van der Waals surface area contributed by atoms with Crippen LogP contribution < -0.4 is 5.32 Å². The molecular formula is C13H12N4. The molecule has 0 aliphatic carbocycles. The second-order valence-corrected chi connectivity index (χ2v) is 3.63. The molecule has 4 nitrogen and oxygen atoms in total. The number of rotatable bonds is 3. The molecule has 0 spiro atoms. The van der Waals surface area contributed by atoms with Crippen molar-refractivity contribution >= 4 is 5.82 Å². The molecule has 84 valence electrons. The van der Waals surface area contributed by atoms with Crippen molar-refractivity contribution < 1.29 is 0 Å². The Morgan fingerprint density at radius 1 is 1.24 bits per heavy atom. The molecule has 2 heterocycles. The lowest BCUT2D eigenvalue weighted by Crippen LogP contribution is -2.06. The minimum absolute atomic E-state index is 0.543. The summed E-state index contributed by atoms with van der Waals surface area (Å²) in [7, 11) is 0. The van der Waals surface area contributed by atoms with Crippen molar-refractivity contribution in [2.75, 3.05) is 5.32 Å². The van der Waals surface area contributed by atoms with Gasteiger partial charge in [-0.25, -0.2) is 4.98 Å². The van der Waals surface area contributed by atoms with Gasteiger partial charge in [0.05, 0.1) is 17.8 Å². The van der Waals surface area contributed by atoms with Gasteiger partial charge in [-0.2, -0.15) is 5.26 Å². The standard InChI is InChI=1S/C13H12N4/c1-10-4-2-6-15-12(10)9-17-13-11(8-14)5-3-7-16-13/h2-7H,9H2,1H3,(H,16,17). The number of nitriles is 1. The van der Waals surface area contributed by atoms with Crippen LogP contribution in [0.5, 0.6) is 0 Å². The summed E-state index contributed by atoms with van der Waals surface area (Å²) < 4.78 is 0. The molecular weight excluding hydrogens is 212 g/mol. The quantitative estimate of drug-likeness (QED) is 0.868. The molecule has 0 amide bonds. The van der Waals surface area contributed by atoms with Crippen molar-refractivity contribution in [3.05, 3.63) is 53.5 Å². The third-order valence-electron chi connectivity index (χ3n) is 2.47. The molecule has 0 saturated carbocycles. The maximum atomic E-state index is 8.92. The van der Waals surface area contributed by atoms with E-state index in [2.05, 4.69) is 21.4 Å². The molecule has 0 atom stereocenters. The number of aromatic nitrogens is 2. The zero-order valence-electron chi connectivity index (χ0n) is 9.51. The van der Waals surface area contributed by atoms with E-state index in [9.17, 15) is 0 Å². The first kappa shape index (κ1) is 11.1. The summed E-state index contributed by atoms with van der Waals surface area (Å²) in [6.45, 7) is 2.58. The molecule has 0 unspecified atom stereocenters. The Labute approximate surface area is 100.0 Å². The van der Waals surface area contributed by atoms with Crippen LogP contribution in [-0.4, -0.2) is 9.97 Å². The second-order valence-electron chi connectivity index (χ2n) is 3.63. The maximum Gasteiger partial charge on any atom is 0.144 e. The third-order valence-corrected chi connectivity index (χ3v) is 2.47. The van der Waals surface area contributed by atoms with Crippen LogP contribution in [0, 0.1) is 18.3 Å². The van der Waals surface area contributed by atoms with Gasteiger partial charge >= 0.3 is 0 Å². The fraction of sp³-hybridized carbons (Fsp3) is 0.154. The first-order valence-electron chi connectivity index (χ1n) is 5.31. The molecule has 0 bridgehead atoms. The van der Waals surface area contributed by atoms with Gasteiger partial charge < -0.3 is 5.32 Å². The Bertz CT molecular complexity index is 557. The van der Waals surface area contributed by atoms with Gasteiger partial charge in [-0.1, -0.05) is 6.07 Å². The van der Waals surface area contributed by atoms with Crippen LogP contribution >= 0.6 is 0 Å². The normalized spacial score (nSPS) is 9.65. The van der Waals surface area contributed by atoms with E-state index in [1.165, 1.54) is 0 Å². The van der Waals surface area contributed by atoms with Crippen molar-refractivity contribution in [1.29, 1.82) is 5.26 Å². The Kier molecular flexibility index (Phi) is 3.31. The van der Waals surface area contributed by atoms with Crippen LogP contribution in [0.2, 0.25) is 0 Å². The van der Waals surface area contributed by atoms with Gasteiger partial charge in [-0.3, -0.25) is 4.98 Å². The van der Waals surface area contributed by atoms with Crippen LogP contribution in [0.15, 0.2) is 36.7 Å². The molecule has 0 aliphatic heterocycles. The Morgan fingerprint density at radius 3 is 2.76 bits per heavy atom. The predicted octanol–water partition coefficient (Wildman–Crippen LogP) is 2.27. The van der Waals surface area contributed by atoms with E-state index < -0.39 is 0 Å². The highest BCUT2D eigenvalue weighted by Gasteiger charge is 2.03. The lowest BCUT2D eigenvalue weighted by molar-refractivity contribution is 1.00. The number of aryl methyl sites for hydroxylation is 1. The van der Waals surface area contributed by atoms with Crippen molar-refractivity contribution in [2.45, 2.75) is 13.5 Å². The van der Waals surface area contributed by atoms with E-state index in [0.29, 0.717) is 17.9 Å². The third kappa shape index (κ3) is 2.58. The van der Waals surface area contributed by atoms with Crippen LogP contribution in [0.25, 0.3) is 0 Å². The fourth-order valence-corrected chi connectivity index (χ4v) is 1.51. The summed E-state index contributed by atoms with van der Waals surface area (Å²) in [5.74, 6) is 0.597. The summed E-state index contributed by atoms with van der Waals surface area (Å²) in [5, 5.41) is 12.0. The number of hydrogen-bond donors (Lipinski definition) is 1. The van der Waals surface area contributed by atoms with E-state index in [-0.39, 0.29) is 0 Å². The smallest absolute Gasteiger partial charge is 0.144 e. The Morgan fingerprint density at radius 2 is 2.00 bits per heavy atom. The Hall–Kier alpha value is -2.41. The average Bonchev–Trinajstić information content (AvgIpc) is 2.38. The van der Waals surface area contributed by atoms with Crippen molar-refractivity contribution in [2.24, 2.45) is 0 Å². The Balaban J connectivity index is 2.13. The summed E-state index contributed by atoms with van der Waals surface area (Å²) in [6, 6.07) is 9.49. The number of pyridine rings is 2. The molecule has 2 aromatic heterocycles. The van der Waals surface area contributed by atoms with Gasteiger partial charge in [-0.05, 0) is 30.7 Å². The molecule has 17 heavy (non-hydrogen) atoms. The number of nitrogens with zero attached hydrogens (tertiary/aromatic N) is 3. The predicted molar refractivity (Wildman–Crippen MR) is 65.3 cm³/mol. The first-order chi connectivity index (χ1) is 8.31. The van der Waals surface area contributed by atoms with Crippen LogP contribution in [0.1, 0.15) is 16.8 Å². The zero-order chi connectivity index (χ0) is 12.1. The highest BCUT2D eigenvalue weighted by Crippen LogP contribution is 2.12. The van der Waals surface area contributed by atoms with E-state index >= 15 is 0 Å². The van der Waals surface area contributed by atoms with Crippen LogP contribution in [-0.2, 0) is 6.54 Å². The van der Waals surface area contributed by atoms with Gasteiger partial charge in [0.1, 0.15) is 11.9 Å². The van der Waals surface area contributed by atoms with Crippen molar-refractivity contribution in [3.8, 4) is 6.07 Å². The van der Waals surface area contributed by atoms with Gasteiger partial charge in [0.25, 0.3) is 0 Å². The lowest BCUT2D eigenvalue weighted by Gasteiger charge is -2.07. The largest absolute Gasteiger partial charge is 0.363 e. The van der Waals surface area contributed by atoms with E-state index in [1.807, 2.05) is 19.1 Å². The monoisotopic (exact) mass is 224 g/mol. The lowest BCUT2D eigenvalue weighted by atomic mass is 10.2. The summed E-state index contributed by atoms with van der Waals surface area (Å²) in [6.07, 6.45) is 3.42. The van der Waals surface area contributed by atoms with E-state index in [0.717, 1.165) is 11.3 Å². The van der Waals surface area contributed by atoms with Crippen molar-refractivity contribution in [1.82, 2.24) is 9.97 Å². The highest BCUT2D eigenvalue weighted by molar-refractivity contribution is 5.51. The van der Waals surface area contributed by atoms with E-state index in [4.69, 9.17) is 5.26 Å². The minimum atomic E-state index is 0.543. The molecule has 0 fully saturated rings. The van der Waals surface area contributed by atoms with Crippen LogP contribution in [0.3, 0.4) is 0 Å². The van der Waals surface area contributed by atoms with Gasteiger partial charge in [0.15, 0.2) is 0 Å². The SMILES string of the molecule is Cc1cccnc1CNc1ncccc1C#N. The number of nitrogens with one attached hydrogen (secondary N) is 1. The maximum absolute atomic E-state index is 8.92. The van der Waals surface area contributed by atoms with E-state index in [1.54, 1.807) is 24.5 Å². The highest BCUT2D eigenvalue weighted by atomic mass is 15.0. The second kappa shape index (κ2) is 5.08. The van der Waals surface area contributed by atoms with Gasteiger partial charge in [0, 0.05) is 12.4 Å². The molecule has 2 rings (SSSR count). The topological polar surface area (TPSA) is 61.6 Å². The summed E-state index contributed by atoms with van der Waals surface area (Å²) in [5.41, 5.74) is 2.62. The van der Waals surface area contributed by atoms with Gasteiger partial charge in [0.2, 0.25) is 0 Å². The molecule has 0 aromatic carbocycles. The minimum Gasteiger partial charge on any atom is -0.363 e. The molecule has 4 heteroatoms. The number of anilines is 1. The molecule has 1 N–H and O–H groups in total. The molecule has 0 saturated heterocycles. The van der Waals surface area contributed by atoms with Crippen LogP contribution in [0.4, 0.5) is 5.82 Å². The first-order valence-corrected chi connectivity index (χ1v) is 5.31. The molecule has 0 radical (unpaired) electrons. The average molecular weight is 224 g/mol. The molecule has 0 aliphatic rings. The summed E-state index contributed by atoms with van der Waals surface area (Å²) >= 11 is 0. The fourth-order valence-electron chi connectivity index (χ4n) is 1.51.